The van der Waals surface area contributed by atoms with Crippen molar-refractivity contribution in [1.82, 2.24) is 4.98 Å². The Morgan fingerprint density at radius 3 is 2.29 bits per heavy atom. The summed E-state index contributed by atoms with van der Waals surface area (Å²) in [5, 5.41) is 10.1. The molecule has 0 aliphatic carbocycles. The van der Waals surface area contributed by atoms with E-state index in [0.29, 0.717) is 12.3 Å². The van der Waals surface area contributed by atoms with Gasteiger partial charge in [0, 0.05) is 16.2 Å². The summed E-state index contributed by atoms with van der Waals surface area (Å²) in [6, 6.07) is 2.26. The van der Waals surface area contributed by atoms with Crippen LogP contribution in [0.1, 0.15) is 69.0 Å². The third-order valence-corrected chi connectivity index (χ3v) is 4.22. The molecule has 0 amide bonds. The summed E-state index contributed by atoms with van der Waals surface area (Å²) >= 11 is 1.73. The molecule has 0 N–H and O–H groups in total. The molecule has 2 nitrogen and oxygen atoms in total. The van der Waals surface area contributed by atoms with Gasteiger partial charge in [0.1, 0.15) is 0 Å². The van der Waals surface area contributed by atoms with E-state index in [4.69, 9.17) is 10.2 Å². The number of rotatable bonds is 4. The lowest BCUT2D eigenvalue weighted by Crippen LogP contribution is -2.14. The molecule has 0 aromatic carbocycles. The molecule has 0 aliphatic rings. The first-order chi connectivity index (χ1) is 7.93. The average molecular weight is 250 g/mol. The number of nitrogens with zero attached hydrogens (tertiary/aromatic N) is 2. The number of hydrogen-bond donors (Lipinski definition) is 0. The van der Waals surface area contributed by atoms with Gasteiger partial charge in [-0.3, -0.25) is 0 Å². The van der Waals surface area contributed by atoms with Crippen molar-refractivity contribution in [3.63, 3.8) is 0 Å². The molecule has 0 unspecified atom stereocenters. The molecule has 0 spiro atoms. The Bertz CT molecular complexity index is 403. The van der Waals surface area contributed by atoms with Crippen LogP contribution in [-0.4, -0.2) is 4.98 Å². The number of thiazole rings is 1. The summed E-state index contributed by atoms with van der Waals surface area (Å²) in [7, 11) is 0. The monoisotopic (exact) mass is 250 g/mol. The van der Waals surface area contributed by atoms with E-state index < -0.39 is 0 Å². The first-order valence-electron chi connectivity index (χ1n) is 6.31. The van der Waals surface area contributed by atoms with Crippen molar-refractivity contribution in [2.45, 2.75) is 65.2 Å². The third kappa shape index (κ3) is 3.29. The maximum absolute atomic E-state index is 8.90. The normalized spacial score (nSPS) is 11.8. The Hall–Kier alpha value is -0.880. The van der Waals surface area contributed by atoms with Crippen LogP contribution in [0.25, 0.3) is 0 Å². The van der Waals surface area contributed by atoms with Crippen LogP contribution < -0.4 is 0 Å². The smallest absolute Gasteiger partial charge is 0.0962 e. The van der Waals surface area contributed by atoms with Crippen LogP contribution in [0.5, 0.6) is 0 Å². The van der Waals surface area contributed by atoms with Crippen molar-refractivity contribution in [1.29, 1.82) is 5.26 Å². The first kappa shape index (κ1) is 14.2. The third-order valence-electron chi connectivity index (χ3n) is 3.00. The van der Waals surface area contributed by atoms with E-state index in [2.05, 4.69) is 40.7 Å². The van der Waals surface area contributed by atoms with Crippen LogP contribution in [0.15, 0.2) is 0 Å². The highest BCUT2D eigenvalue weighted by atomic mass is 32.1. The number of aromatic nitrogens is 1. The van der Waals surface area contributed by atoms with Gasteiger partial charge in [-0.1, -0.05) is 34.6 Å². The molecule has 17 heavy (non-hydrogen) atoms. The van der Waals surface area contributed by atoms with E-state index >= 15 is 0 Å². The van der Waals surface area contributed by atoms with Crippen LogP contribution in [0.2, 0.25) is 0 Å². The molecular formula is C14H22N2S. The molecular weight excluding hydrogens is 228 g/mol. The standard InChI is InChI=1S/C14H22N2S/c1-6-10(7-2)13-16-12(14(3,4)5)11(17-13)8-9-15/h10H,6-8H2,1-5H3. The van der Waals surface area contributed by atoms with Crippen LogP contribution >= 0.6 is 11.3 Å². The lowest BCUT2D eigenvalue weighted by atomic mass is 9.90. The second-order valence-electron chi connectivity index (χ2n) is 5.42. The van der Waals surface area contributed by atoms with Crippen molar-refractivity contribution in [2.24, 2.45) is 0 Å². The van der Waals surface area contributed by atoms with Crippen molar-refractivity contribution in [2.75, 3.05) is 0 Å². The first-order valence-corrected chi connectivity index (χ1v) is 7.12. The predicted molar refractivity (Wildman–Crippen MR) is 73.5 cm³/mol. The molecule has 3 heteroatoms. The number of nitriles is 1. The molecule has 1 aromatic heterocycles. The van der Waals surface area contributed by atoms with Crippen molar-refractivity contribution >= 4 is 11.3 Å². The Morgan fingerprint density at radius 2 is 1.88 bits per heavy atom. The van der Waals surface area contributed by atoms with E-state index in [1.165, 1.54) is 5.01 Å². The second kappa shape index (κ2) is 5.64. The van der Waals surface area contributed by atoms with Crippen molar-refractivity contribution in [3.05, 3.63) is 15.6 Å². The van der Waals surface area contributed by atoms with Gasteiger partial charge in [0.15, 0.2) is 0 Å². The zero-order chi connectivity index (χ0) is 13.1. The second-order valence-corrected chi connectivity index (χ2v) is 6.54. The molecule has 1 aromatic rings. The quantitative estimate of drug-likeness (QED) is 0.793. The van der Waals surface area contributed by atoms with Crippen LogP contribution in [0, 0.1) is 11.3 Å². The minimum absolute atomic E-state index is 0.0347. The fraction of sp³-hybridized carbons (Fsp3) is 0.714. The van der Waals surface area contributed by atoms with Gasteiger partial charge >= 0.3 is 0 Å². The minimum atomic E-state index is 0.0347. The minimum Gasteiger partial charge on any atom is -0.245 e. The Balaban J connectivity index is 3.17. The van der Waals surface area contributed by atoms with Crippen LogP contribution in [-0.2, 0) is 11.8 Å². The summed E-state index contributed by atoms with van der Waals surface area (Å²) in [5.74, 6) is 0.550. The topological polar surface area (TPSA) is 36.7 Å². The SMILES string of the molecule is CCC(CC)c1nc(C(C)(C)C)c(CC#N)s1. The van der Waals surface area contributed by atoms with Gasteiger partial charge in [-0.05, 0) is 12.8 Å². The summed E-state index contributed by atoms with van der Waals surface area (Å²) in [6.07, 6.45) is 2.74. The largest absolute Gasteiger partial charge is 0.245 e. The fourth-order valence-electron chi connectivity index (χ4n) is 1.96. The van der Waals surface area contributed by atoms with Crippen LogP contribution in [0.4, 0.5) is 0 Å². The zero-order valence-electron chi connectivity index (χ0n) is 11.5. The van der Waals surface area contributed by atoms with Gasteiger partial charge in [0.2, 0.25) is 0 Å². The highest BCUT2D eigenvalue weighted by Crippen LogP contribution is 2.35. The van der Waals surface area contributed by atoms with E-state index in [1.54, 1.807) is 11.3 Å². The van der Waals surface area contributed by atoms with Crippen molar-refractivity contribution in [3.8, 4) is 6.07 Å². The van der Waals surface area contributed by atoms with E-state index in [0.717, 1.165) is 23.4 Å². The van der Waals surface area contributed by atoms with E-state index in [9.17, 15) is 0 Å². The molecule has 0 bridgehead atoms. The molecule has 0 radical (unpaired) electrons. The summed E-state index contributed by atoms with van der Waals surface area (Å²) in [6.45, 7) is 10.9. The zero-order valence-corrected chi connectivity index (χ0v) is 12.3. The molecule has 1 heterocycles. The summed E-state index contributed by atoms with van der Waals surface area (Å²) < 4.78 is 0. The van der Waals surface area contributed by atoms with Gasteiger partial charge in [0.25, 0.3) is 0 Å². The molecule has 0 fully saturated rings. The molecule has 1 rings (SSSR count). The van der Waals surface area contributed by atoms with Crippen molar-refractivity contribution < 1.29 is 0 Å². The predicted octanol–water partition coefficient (Wildman–Crippen LogP) is 4.41. The van der Waals surface area contributed by atoms with Gasteiger partial charge in [-0.15, -0.1) is 11.3 Å². The lowest BCUT2D eigenvalue weighted by molar-refractivity contribution is 0.558. The van der Waals surface area contributed by atoms with E-state index in [1.807, 2.05) is 0 Å². The molecule has 0 saturated carbocycles. The molecule has 0 atom stereocenters. The Kier molecular flexibility index (Phi) is 4.70. The Labute approximate surface area is 109 Å². The van der Waals surface area contributed by atoms with Gasteiger partial charge in [-0.2, -0.15) is 5.26 Å². The van der Waals surface area contributed by atoms with E-state index in [-0.39, 0.29) is 5.41 Å². The van der Waals surface area contributed by atoms with Gasteiger partial charge < -0.3 is 0 Å². The molecule has 0 aliphatic heterocycles. The average Bonchev–Trinajstić information content (AvgIpc) is 2.64. The fourth-order valence-corrected chi connectivity index (χ4v) is 3.43. The van der Waals surface area contributed by atoms with Gasteiger partial charge in [-0.25, -0.2) is 4.98 Å². The maximum Gasteiger partial charge on any atom is 0.0962 e. The van der Waals surface area contributed by atoms with Crippen LogP contribution in [0.3, 0.4) is 0 Å². The molecule has 0 saturated heterocycles. The summed E-state index contributed by atoms with van der Waals surface area (Å²) in [5.41, 5.74) is 1.15. The number of hydrogen-bond acceptors (Lipinski definition) is 3. The lowest BCUT2D eigenvalue weighted by Gasteiger charge is -2.17. The Morgan fingerprint density at radius 1 is 1.29 bits per heavy atom. The molecule has 94 valence electrons. The van der Waals surface area contributed by atoms with Gasteiger partial charge in [0.05, 0.1) is 23.2 Å². The highest BCUT2D eigenvalue weighted by Gasteiger charge is 2.24. The summed E-state index contributed by atoms with van der Waals surface area (Å²) in [4.78, 5) is 5.96. The highest BCUT2D eigenvalue weighted by molar-refractivity contribution is 7.11. The maximum atomic E-state index is 8.90.